The van der Waals surface area contributed by atoms with E-state index in [4.69, 9.17) is 9.47 Å². The minimum Gasteiger partial charge on any atom is -0.489 e. The fourth-order valence-corrected chi connectivity index (χ4v) is 2.58. The van der Waals surface area contributed by atoms with Crippen LogP contribution >= 0.6 is 0 Å². The summed E-state index contributed by atoms with van der Waals surface area (Å²) in [5.41, 5.74) is 4.06. The molecular formula is C21H24O4. The average molecular weight is 340 g/mol. The number of carbonyl (C=O) groups excluding carboxylic acids is 2. The van der Waals surface area contributed by atoms with E-state index in [2.05, 4.69) is 26.0 Å². The van der Waals surface area contributed by atoms with E-state index in [0.717, 1.165) is 5.56 Å². The second-order valence-electron chi connectivity index (χ2n) is 5.92. The Kier molecular flexibility index (Phi) is 6.75. The van der Waals surface area contributed by atoms with Gasteiger partial charge in [-0.25, -0.2) is 0 Å². The van der Waals surface area contributed by atoms with Crippen molar-refractivity contribution in [1.29, 1.82) is 0 Å². The number of hydrogen-bond acceptors (Lipinski definition) is 4. The molecule has 0 aliphatic heterocycles. The third kappa shape index (κ3) is 5.45. The highest BCUT2D eigenvalue weighted by Crippen LogP contribution is 2.19. The van der Waals surface area contributed by atoms with Crippen molar-refractivity contribution >= 4 is 11.8 Å². The van der Waals surface area contributed by atoms with Gasteiger partial charge in [-0.3, -0.25) is 9.59 Å². The Morgan fingerprint density at radius 3 is 2.32 bits per heavy atom. The summed E-state index contributed by atoms with van der Waals surface area (Å²) in [5.74, 6) is 0.202. The Bertz CT molecular complexity index is 729. The second kappa shape index (κ2) is 9.02. The Morgan fingerprint density at radius 2 is 1.64 bits per heavy atom. The molecule has 0 amide bonds. The van der Waals surface area contributed by atoms with E-state index in [1.165, 1.54) is 11.1 Å². The minimum atomic E-state index is -0.349. The van der Waals surface area contributed by atoms with Gasteiger partial charge in [-0.1, -0.05) is 30.3 Å². The first-order valence-electron chi connectivity index (χ1n) is 8.48. The fraction of sp³-hybridized carbons (Fsp3) is 0.333. The van der Waals surface area contributed by atoms with Crippen molar-refractivity contribution in [2.75, 3.05) is 6.61 Å². The zero-order valence-electron chi connectivity index (χ0n) is 15.0. The first-order chi connectivity index (χ1) is 12.0. The summed E-state index contributed by atoms with van der Waals surface area (Å²) >= 11 is 0. The van der Waals surface area contributed by atoms with E-state index in [-0.39, 0.29) is 24.6 Å². The SMILES string of the molecule is CCOC(=O)CCC(=O)c1cccc(OCc2c(C)cccc2C)c1. The summed E-state index contributed by atoms with van der Waals surface area (Å²) < 4.78 is 10.7. The average Bonchev–Trinajstić information content (AvgIpc) is 2.60. The second-order valence-corrected chi connectivity index (χ2v) is 5.92. The maximum absolute atomic E-state index is 12.2. The molecule has 25 heavy (non-hydrogen) atoms. The molecule has 0 aromatic heterocycles. The van der Waals surface area contributed by atoms with Crippen LogP contribution in [0.1, 0.15) is 46.8 Å². The highest BCUT2D eigenvalue weighted by Gasteiger charge is 2.11. The van der Waals surface area contributed by atoms with Crippen molar-refractivity contribution in [3.63, 3.8) is 0 Å². The molecule has 2 aromatic rings. The van der Waals surface area contributed by atoms with Crippen LogP contribution in [0.3, 0.4) is 0 Å². The van der Waals surface area contributed by atoms with Crippen molar-refractivity contribution in [1.82, 2.24) is 0 Å². The van der Waals surface area contributed by atoms with Crippen LogP contribution in [0, 0.1) is 13.8 Å². The van der Waals surface area contributed by atoms with E-state index in [1.54, 1.807) is 25.1 Å². The number of ether oxygens (including phenoxy) is 2. The number of hydrogen-bond donors (Lipinski definition) is 0. The number of carbonyl (C=O) groups is 2. The number of Topliss-reactive ketones (excluding diaryl/α,β-unsaturated/α-hetero) is 1. The number of benzene rings is 2. The first kappa shape index (κ1) is 18.7. The van der Waals surface area contributed by atoms with Gasteiger partial charge in [-0.05, 0) is 49.6 Å². The lowest BCUT2D eigenvalue weighted by Gasteiger charge is -2.12. The Labute approximate surface area is 148 Å². The molecular weight excluding hydrogens is 316 g/mol. The van der Waals surface area contributed by atoms with Crippen molar-refractivity contribution in [3.8, 4) is 5.75 Å². The topological polar surface area (TPSA) is 52.6 Å². The minimum absolute atomic E-state index is 0.0921. The Morgan fingerprint density at radius 1 is 0.960 bits per heavy atom. The lowest BCUT2D eigenvalue weighted by molar-refractivity contribution is -0.143. The fourth-order valence-electron chi connectivity index (χ4n) is 2.58. The van der Waals surface area contributed by atoms with Gasteiger partial charge in [0.1, 0.15) is 12.4 Å². The Hall–Kier alpha value is -2.62. The maximum Gasteiger partial charge on any atom is 0.306 e. The van der Waals surface area contributed by atoms with E-state index in [9.17, 15) is 9.59 Å². The van der Waals surface area contributed by atoms with Crippen LogP contribution in [0.5, 0.6) is 5.75 Å². The van der Waals surface area contributed by atoms with E-state index < -0.39 is 0 Å². The molecule has 4 heteroatoms. The smallest absolute Gasteiger partial charge is 0.306 e. The first-order valence-corrected chi connectivity index (χ1v) is 8.48. The van der Waals surface area contributed by atoms with Gasteiger partial charge in [0.25, 0.3) is 0 Å². The normalized spacial score (nSPS) is 10.4. The third-order valence-corrected chi connectivity index (χ3v) is 4.05. The standard InChI is InChI=1S/C21H24O4/c1-4-24-21(23)12-11-20(22)17-9-6-10-18(13-17)25-14-19-15(2)7-5-8-16(19)3/h5-10,13H,4,11-12,14H2,1-3H3. The summed E-state index contributed by atoms with van der Waals surface area (Å²) in [6.45, 7) is 6.65. The molecule has 4 nitrogen and oxygen atoms in total. The van der Waals surface area contributed by atoms with Crippen LogP contribution in [0.2, 0.25) is 0 Å². The Balaban J connectivity index is 1.99. The van der Waals surface area contributed by atoms with Crippen molar-refractivity contribution < 1.29 is 19.1 Å². The summed E-state index contributed by atoms with van der Waals surface area (Å²) in [6.07, 6.45) is 0.235. The largest absolute Gasteiger partial charge is 0.489 e. The number of aryl methyl sites for hydroxylation is 2. The molecule has 132 valence electrons. The molecule has 0 radical (unpaired) electrons. The van der Waals surface area contributed by atoms with Crippen molar-refractivity contribution in [2.24, 2.45) is 0 Å². The monoisotopic (exact) mass is 340 g/mol. The van der Waals surface area contributed by atoms with Gasteiger partial charge in [-0.15, -0.1) is 0 Å². The molecule has 0 aliphatic carbocycles. The van der Waals surface area contributed by atoms with Gasteiger partial charge in [-0.2, -0.15) is 0 Å². The molecule has 0 saturated carbocycles. The zero-order chi connectivity index (χ0) is 18.2. The zero-order valence-corrected chi connectivity index (χ0v) is 15.0. The summed E-state index contributed by atoms with van der Waals surface area (Å²) in [6, 6.07) is 13.2. The van der Waals surface area contributed by atoms with Crippen LogP contribution in [-0.4, -0.2) is 18.4 Å². The van der Waals surface area contributed by atoms with E-state index in [1.807, 2.05) is 12.1 Å². The molecule has 0 aliphatic rings. The van der Waals surface area contributed by atoms with Gasteiger partial charge < -0.3 is 9.47 Å². The maximum atomic E-state index is 12.2. The highest BCUT2D eigenvalue weighted by atomic mass is 16.5. The van der Waals surface area contributed by atoms with Gasteiger partial charge in [0.15, 0.2) is 5.78 Å². The molecule has 2 aromatic carbocycles. The van der Waals surface area contributed by atoms with Gasteiger partial charge in [0, 0.05) is 12.0 Å². The molecule has 0 N–H and O–H groups in total. The van der Waals surface area contributed by atoms with Crippen LogP contribution in [0.15, 0.2) is 42.5 Å². The molecule has 0 unspecified atom stereocenters. The predicted molar refractivity (Wildman–Crippen MR) is 96.9 cm³/mol. The van der Waals surface area contributed by atoms with Crippen LogP contribution < -0.4 is 4.74 Å². The number of esters is 1. The van der Waals surface area contributed by atoms with Crippen LogP contribution in [0.4, 0.5) is 0 Å². The third-order valence-electron chi connectivity index (χ3n) is 4.05. The van der Waals surface area contributed by atoms with Crippen molar-refractivity contribution in [2.45, 2.75) is 40.2 Å². The molecule has 2 rings (SSSR count). The van der Waals surface area contributed by atoms with Gasteiger partial charge >= 0.3 is 5.97 Å². The molecule has 0 bridgehead atoms. The summed E-state index contributed by atoms with van der Waals surface area (Å²) in [4.78, 5) is 23.6. The molecule has 0 atom stereocenters. The van der Waals surface area contributed by atoms with E-state index >= 15 is 0 Å². The van der Waals surface area contributed by atoms with Gasteiger partial charge in [0.05, 0.1) is 13.0 Å². The molecule has 0 fully saturated rings. The lowest BCUT2D eigenvalue weighted by Crippen LogP contribution is -2.08. The van der Waals surface area contributed by atoms with Gasteiger partial charge in [0.2, 0.25) is 0 Å². The predicted octanol–water partition coefficient (Wildman–Crippen LogP) is 4.41. The summed E-state index contributed by atoms with van der Waals surface area (Å²) in [5, 5.41) is 0. The molecule has 0 saturated heterocycles. The highest BCUT2D eigenvalue weighted by molar-refractivity contribution is 5.97. The quantitative estimate of drug-likeness (QED) is 0.528. The number of rotatable bonds is 8. The van der Waals surface area contributed by atoms with Crippen LogP contribution in [0.25, 0.3) is 0 Å². The van der Waals surface area contributed by atoms with Crippen molar-refractivity contribution in [3.05, 3.63) is 64.7 Å². The lowest BCUT2D eigenvalue weighted by atomic mass is 10.0. The molecule has 0 heterocycles. The molecule has 0 spiro atoms. The number of ketones is 1. The summed E-state index contributed by atoms with van der Waals surface area (Å²) in [7, 11) is 0. The van der Waals surface area contributed by atoms with E-state index in [0.29, 0.717) is 24.5 Å². The van der Waals surface area contributed by atoms with Crippen LogP contribution in [-0.2, 0) is 16.1 Å².